The topological polar surface area (TPSA) is 53.2 Å². The summed E-state index contributed by atoms with van der Waals surface area (Å²) in [6, 6.07) is 15.0. The van der Waals surface area contributed by atoms with E-state index in [0.717, 1.165) is 5.39 Å². The Morgan fingerprint density at radius 3 is 2.37 bits per heavy atom. The monoisotopic (exact) mass is 249 g/mol. The summed E-state index contributed by atoms with van der Waals surface area (Å²) >= 11 is 0. The number of hydrogen-bond acceptors (Lipinski definition) is 3. The predicted octanol–water partition coefficient (Wildman–Crippen LogP) is 3.58. The van der Waals surface area contributed by atoms with Crippen molar-refractivity contribution in [1.29, 1.82) is 5.26 Å². The Kier molecular flexibility index (Phi) is 2.50. The van der Waals surface area contributed by atoms with E-state index in [4.69, 9.17) is 4.74 Å². The molecule has 19 heavy (non-hydrogen) atoms. The van der Waals surface area contributed by atoms with Gasteiger partial charge in [-0.15, -0.1) is 0 Å². The van der Waals surface area contributed by atoms with Gasteiger partial charge in [0.2, 0.25) is 0 Å². The van der Waals surface area contributed by atoms with Crippen molar-refractivity contribution in [1.82, 2.24) is 0 Å². The molecule has 0 heterocycles. The summed E-state index contributed by atoms with van der Waals surface area (Å²) in [4.78, 5) is 0. The van der Waals surface area contributed by atoms with Crippen LogP contribution in [0.5, 0.6) is 11.5 Å². The second-order valence-electron chi connectivity index (χ2n) is 4.26. The summed E-state index contributed by atoms with van der Waals surface area (Å²) in [7, 11) is 1.55. The molecule has 0 aliphatic heterocycles. The fourth-order valence-corrected chi connectivity index (χ4v) is 2.46. The van der Waals surface area contributed by atoms with Gasteiger partial charge in [0.15, 0.2) is 0 Å². The Balaban J connectivity index is 2.67. The van der Waals surface area contributed by atoms with Gasteiger partial charge in [-0.25, -0.2) is 0 Å². The molecule has 0 bridgehead atoms. The zero-order chi connectivity index (χ0) is 13.4. The molecule has 1 N–H and O–H groups in total. The molecule has 0 spiro atoms. The minimum absolute atomic E-state index is 0.155. The summed E-state index contributed by atoms with van der Waals surface area (Å²) in [6.45, 7) is 0. The lowest BCUT2D eigenvalue weighted by Crippen LogP contribution is -1.90. The van der Waals surface area contributed by atoms with Gasteiger partial charge in [-0.3, -0.25) is 0 Å². The lowest BCUT2D eigenvalue weighted by atomic mass is 9.96. The van der Waals surface area contributed by atoms with Crippen LogP contribution in [-0.4, -0.2) is 12.2 Å². The highest BCUT2D eigenvalue weighted by Gasteiger charge is 2.15. The van der Waals surface area contributed by atoms with Crippen molar-refractivity contribution >= 4 is 21.5 Å². The maximum atomic E-state index is 10.5. The number of aromatic hydroxyl groups is 1. The highest BCUT2D eigenvalue weighted by Crippen LogP contribution is 2.41. The van der Waals surface area contributed by atoms with Gasteiger partial charge in [0, 0.05) is 16.2 Å². The molecule has 0 aliphatic rings. The normalized spacial score (nSPS) is 10.5. The Morgan fingerprint density at radius 2 is 1.68 bits per heavy atom. The fourth-order valence-electron chi connectivity index (χ4n) is 2.46. The van der Waals surface area contributed by atoms with Crippen LogP contribution < -0.4 is 4.74 Å². The molecule has 3 rings (SSSR count). The molecule has 0 amide bonds. The minimum Gasteiger partial charge on any atom is -0.507 e. The SMILES string of the molecule is COc1cccc2c(C#N)c3ccccc3c(O)c12. The number of rotatable bonds is 1. The van der Waals surface area contributed by atoms with Crippen LogP contribution in [0.3, 0.4) is 0 Å². The Morgan fingerprint density at radius 1 is 1.00 bits per heavy atom. The number of fused-ring (bicyclic) bond motifs is 2. The van der Waals surface area contributed by atoms with Crippen molar-refractivity contribution in [2.45, 2.75) is 0 Å². The maximum absolute atomic E-state index is 10.5. The third-order valence-electron chi connectivity index (χ3n) is 3.32. The molecule has 0 radical (unpaired) electrons. The van der Waals surface area contributed by atoms with Crippen molar-refractivity contribution in [3.05, 3.63) is 48.0 Å². The second-order valence-corrected chi connectivity index (χ2v) is 4.26. The van der Waals surface area contributed by atoms with Crippen LogP contribution in [0.1, 0.15) is 5.56 Å². The van der Waals surface area contributed by atoms with Crippen LogP contribution in [0.15, 0.2) is 42.5 Å². The van der Waals surface area contributed by atoms with Gasteiger partial charge in [-0.2, -0.15) is 5.26 Å². The van der Waals surface area contributed by atoms with Crippen molar-refractivity contribution in [3.63, 3.8) is 0 Å². The number of phenols is 1. The standard InChI is InChI=1S/C16H11NO2/c1-19-14-8-4-7-11-13(9-17)10-5-2-3-6-12(10)16(18)15(11)14/h2-8,18H,1H3. The average Bonchev–Trinajstić information content (AvgIpc) is 2.47. The van der Waals surface area contributed by atoms with E-state index < -0.39 is 0 Å². The minimum atomic E-state index is 0.155. The largest absolute Gasteiger partial charge is 0.507 e. The van der Waals surface area contributed by atoms with Crippen LogP contribution in [0, 0.1) is 11.3 Å². The first kappa shape index (κ1) is 11.4. The van der Waals surface area contributed by atoms with E-state index in [1.54, 1.807) is 19.2 Å². The van der Waals surface area contributed by atoms with Crippen LogP contribution in [0.2, 0.25) is 0 Å². The van der Waals surface area contributed by atoms with E-state index in [9.17, 15) is 10.4 Å². The fraction of sp³-hybridized carbons (Fsp3) is 0.0625. The average molecular weight is 249 g/mol. The molecular formula is C16H11NO2. The molecule has 0 saturated heterocycles. The molecule has 0 aromatic heterocycles. The highest BCUT2D eigenvalue weighted by atomic mass is 16.5. The Bertz CT molecular complexity index is 831. The first-order valence-corrected chi connectivity index (χ1v) is 5.88. The van der Waals surface area contributed by atoms with Gasteiger partial charge in [-0.05, 0) is 6.07 Å². The van der Waals surface area contributed by atoms with Crippen molar-refractivity contribution < 1.29 is 9.84 Å². The highest BCUT2D eigenvalue weighted by molar-refractivity contribution is 6.11. The number of phenolic OH excluding ortho intramolecular Hbond substituents is 1. The molecular weight excluding hydrogens is 238 g/mol. The summed E-state index contributed by atoms with van der Waals surface area (Å²) in [5.41, 5.74) is 0.558. The smallest absolute Gasteiger partial charge is 0.135 e. The van der Waals surface area contributed by atoms with Crippen LogP contribution >= 0.6 is 0 Å². The van der Waals surface area contributed by atoms with E-state index in [1.165, 1.54) is 0 Å². The number of benzene rings is 3. The van der Waals surface area contributed by atoms with Crippen LogP contribution in [0.25, 0.3) is 21.5 Å². The molecule has 3 heteroatoms. The second kappa shape index (κ2) is 4.18. The molecule has 3 aromatic carbocycles. The molecule has 0 atom stereocenters. The third-order valence-corrected chi connectivity index (χ3v) is 3.32. The number of hydrogen-bond donors (Lipinski definition) is 1. The molecule has 3 aromatic rings. The Labute approximate surface area is 110 Å². The molecule has 0 aliphatic carbocycles. The van der Waals surface area contributed by atoms with Gasteiger partial charge in [-0.1, -0.05) is 36.4 Å². The van der Waals surface area contributed by atoms with Crippen LogP contribution in [0.4, 0.5) is 0 Å². The maximum Gasteiger partial charge on any atom is 0.135 e. The van der Waals surface area contributed by atoms with Gasteiger partial charge in [0.25, 0.3) is 0 Å². The quantitative estimate of drug-likeness (QED) is 0.670. The van der Waals surface area contributed by atoms with Gasteiger partial charge in [0.1, 0.15) is 17.6 Å². The molecule has 92 valence electrons. The van der Waals surface area contributed by atoms with E-state index >= 15 is 0 Å². The summed E-state index contributed by atoms with van der Waals surface area (Å²) < 4.78 is 5.29. The number of nitriles is 1. The number of methoxy groups -OCH3 is 1. The van der Waals surface area contributed by atoms with E-state index in [-0.39, 0.29) is 5.75 Å². The summed E-state index contributed by atoms with van der Waals surface area (Å²) in [6.07, 6.45) is 0. The van der Waals surface area contributed by atoms with Gasteiger partial charge < -0.3 is 9.84 Å². The van der Waals surface area contributed by atoms with Gasteiger partial charge in [0.05, 0.1) is 18.1 Å². The molecule has 0 unspecified atom stereocenters. The van der Waals surface area contributed by atoms with Gasteiger partial charge >= 0.3 is 0 Å². The van der Waals surface area contributed by atoms with E-state index in [1.807, 2.05) is 30.3 Å². The Hall–Kier alpha value is -2.73. The summed E-state index contributed by atoms with van der Waals surface area (Å²) in [5.74, 6) is 0.722. The van der Waals surface area contributed by atoms with Crippen LogP contribution in [-0.2, 0) is 0 Å². The first-order chi connectivity index (χ1) is 9.27. The van der Waals surface area contributed by atoms with Crippen molar-refractivity contribution in [3.8, 4) is 17.6 Å². The van der Waals surface area contributed by atoms with Crippen molar-refractivity contribution in [2.75, 3.05) is 7.11 Å². The zero-order valence-corrected chi connectivity index (χ0v) is 10.3. The predicted molar refractivity (Wildman–Crippen MR) is 74.4 cm³/mol. The summed E-state index contributed by atoms with van der Waals surface area (Å²) in [5, 5.41) is 22.6. The number of ether oxygens (including phenoxy) is 1. The van der Waals surface area contributed by atoms with E-state index in [0.29, 0.717) is 27.5 Å². The number of nitrogens with zero attached hydrogens (tertiary/aromatic N) is 1. The van der Waals surface area contributed by atoms with Crippen molar-refractivity contribution in [2.24, 2.45) is 0 Å². The first-order valence-electron chi connectivity index (χ1n) is 5.88. The zero-order valence-electron chi connectivity index (χ0n) is 10.3. The lowest BCUT2D eigenvalue weighted by Gasteiger charge is -2.12. The third kappa shape index (κ3) is 1.50. The lowest BCUT2D eigenvalue weighted by molar-refractivity contribution is 0.416. The molecule has 3 nitrogen and oxygen atoms in total. The van der Waals surface area contributed by atoms with E-state index in [2.05, 4.69) is 6.07 Å². The molecule has 0 fully saturated rings. The molecule has 0 saturated carbocycles.